The van der Waals surface area contributed by atoms with E-state index in [1.807, 2.05) is 0 Å². The molecule has 0 radical (unpaired) electrons. The number of aliphatic carboxylic acids is 1. The summed E-state index contributed by atoms with van der Waals surface area (Å²) in [7, 11) is 0. The first-order valence-corrected chi connectivity index (χ1v) is 6.91. The molecule has 1 fully saturated rings. The molecule has 2 N–H and O–H groups in total. The molecule has 1 amide bonds. The summed E-state index contributed by atoms with van der Waals surface area (Å²) >= 11 is 0. The molecule has 1 aliphatic rings. The second kappa shape index (κ2) is 5.64. The van der Waals surface area contributed by atoms with Crippen LogP contribution < -0.4 is 5.32 Å². The number of rotatable bonds is 4. The van der Waals surface area contributed by atoms with E-state index < -0.39 is 11.4 Å². The normalized spacial score (nSPS) is 17.7. The van der Waals surface area contributed by atoms with Crippen molar-refractivity contribution in [2.24, 2.45) is 5.41 Å². The predicted molar refractivity (Wildman–Crippen MR) is 72.4 cm³/mol. The van der Waals surface area contributed by atoms with E-state index in [1.165, 1.54) is 0 Å². The van der Waals surface area contributed by atoms with Crippen molar-refractivity contribution in [3.05, 3.63) is 11.3 Å². The average Bonchev–Trinajstić information content (AvgIpc) is 2.71. The number of carboxylic acid groups (broad SMARTS) is 1. The Labute approximate surface area is 117 Å². The van der Waals surface area contributed by atoms with Gasteiger partial charge >= 0.3 is 5.97 Å². The summed E-state index contributed by atoms with van der Waals surface area (Å²) in [4.78, 5) is 23.6. The standard InChI is InChI=1S/C14H20N2O4/c1-9-10(2)16-20-12(9)15-11(17)8-14(13(18)19)6-4-3-5-7-14/h3-8H2,1-2H3,(H,15,17)(H,18,19). The molecule has 110 valence electrons. The van der Waals surface area contributed by atoms with Gasteiger partial charge in [0.05, 0.1) is 11.1 Å². The molecule has 0 bridgehead atoms. The van der Waals surface area contributed by atoms with E-state index in [0.29, 0.717) is 24.4 Å². The summed E-state index contributed by atoms with van der Waals surface area (Å²) in [5.74, 6) is -0.893. The van der Waals surface area contributed by atoms with Gasteiger partial charge in [0.2, 0.25) is 11.8 Å². The Balaban J connectivity index is 2.05. The Hall–Kier alpha value is -1.85. The van der Waals surface area contributed by atoms with Crippen LogP contribution in [-0.4, -0.2) is 22.1 Å². The van der Waals surface area contributed by atoms with Crippen LogP contribution in [-0.2, 0) is 9.59 Å². The molecule has 0 aromatic carbocycles. The van der Waals surface area contributed by atoms with Crippen LogP contribution >= 0.6 is 0 Å². The van der Waals surface area contributed by atoms with Crippen LogP contribution in [0.15, 0.2) is 4.52 Å². The van der Waals surface area contributed by atoms with Crippen LogP contribution in [0.1, 0.15) is 49.8 Å². The fourth-order valence-corrected chi connectivity index (χ4v) is 2.70. The van der Waals surface area contributed by atoms with E-state index in [2.05, 4.69) is 10.5 Å². The van der Waals surface area contributed by atoms with E-state index in [0.717, 1.165) is 24.8 Å². The molecule has 1 heterocycles. The van der Waals surface area contributed by atoms with E-state index in [-0.39, 0.29) is 12.3 Å². The van der Waals surface area contributed by atoms with Crippen LogP contribution in [0.25, 0.3) is 0 Å². The number of hydrogen-bond donors (Lipinski definition) is 2. The van der Waals surface area contributed by atoms with E-state index >= 15 is 0 Å². The van der Waals surface area contributed by atoms with Gasteiger partial charge in [-0.3, -0.25) is 14.9 Å². The Morgan fingerprint density at radius 2 is 1.95 bits per heavy atom. The lowest BCUT2D eigenvalue weighted by molar-refractivity contribution is -0.153. The van der Waals surface area contributed by atoms with E-state index in [4.69, 9.17) is 4.52 Å². The molecule has 0 atom stereocenters. The first-order valence-electron chi connectivity index (χ1n) is 6.91. The van der Waals surface area contributed by atoms with Crippen molar-refractivity contribution in [2.45, 2.75) is 52.4 Å². The zero-order valence-corrected chi connectivity index (χ0v) is 11.9. The summed E-state index contributed by atoms with van der Waals surface area (Å²) in [5, 5.41) is 15.8. The molecule has 1 aromatic heterocycles. The minimum Gasteiger partial charge on any atom is -0.481 e. The molecule has 2 rings (SSSR count). The molecule has 0 unspecified atom stereocenters. The molecule has 1 aromatic rings. The molecule has 1 saturated carbocycles. The average molecular weight is 280 g/mol. The Morgan fingerprint density at radius 1 is 1.30 bits per heavy atom. The molecule has 0 aliphatic heterocycles. The maximum absolute atomic E-state index is 12.1. The largest absolute Gasteiger partial charge is 0.481 e. The SMILES string of the molecule is Cc1noc(NC(=O)CC2(C(=O)O)CCCCC2)c1C. The highest BCUT2D eigenvalue weighted by atomic mass is 16.5. The number of aromatic nitrogens is 1. The van der Waals surface area contributed by atoms with Gasteiger partial charge in [0, 0.05) is 12.0 Å². The first kappa shape index (κ1) is 14.6. The smallest absolute Gasteiger partial charge is 0.310 e. The second-order valence-corrected chi connectivity index (χ2v) is 5.59. The molecule has 0 spiro atoms. The van der Waals surface area contributed by atoms with Gasteiger partial charge in [-0.15, -0.1) is 0 Å². The lowest BCUT2D eigenvalue weighted by Gasteiger charge is -2.32. The van der Waals surface area contributed by atoms with Crippen molar-refractivity contribution in [1.82, 2.24) is 5.16 Å². The molecular formula is C14H20N2O4. The minimum atomic E-state index is -0.925. The van der Waals surface area contributed by atoms with Gasteiger partial charge in [0.1, 0.15) is 0 Å². The summed E-state index contributed by atoms with van der Waals surface area (Å²) < 4.78 is 5.02. The fourth-order valence-electron chi connectivity index (χ4n) is 2.70. The van der Waals surface area contributed by atoms with Crippen LogP contribution in [0.3, 0.4) is 0 Å². The molecular weight excluding hydrogens is 260 g/mol. The van der Waals surface area contributed by atoms with Gasteiger partial charge in [-0.25, -0.2) is 0 Å². The summed E-state index contributed by atoms with van der Waals surface area (Å²) in [6.07, 6.45) is 3.87. The van der Waals surface area contributed by atoms with E-state index in [9.17, 15) is 14.7 Å². The second-order valence-electron chi connectivity index (χ2n) is 5.59. The van der Waals surface area contributed by atoms with Crippen molar-refractivity contribution in [3.63, 3.8) is 0 Å². The van der Waals surface area contributed by atoms with Crippen molar-refractivity contribution < 1.29 is 19.2 Å². The van der Waals surface area contributed by atoms with Gasteiger partial charge in [-0.1, -0.05) is 24.4 Å². The molecule has 1 aliphatic carbocycles. The maximum atomic E-state index is 12.1. The highest BCUT2D eigenvalue weighted by Gasteiger charge is 2.41. The zero-order valence-electron chi connectivity index (χ0n) is 11.9. The zero-order chi connectivity index (χ0) is 14.8. The number of anilines is 1. The van der Waals surface area contributed by atoms with Gasteiger partial charge in [0.15, 0.2) is 0 Å². The fraction of sp³-hybridized carbons (Fsp3) is 0.643. The number of nitrogens with zero attached hydrogens (tertiary/aromatic N) is 1. The number of carbonyl (C=O) groups is 2. The van der Waals surface area contributed by atoms with Gasteiger partial charge in [-0.05, 0) is 26.7 Å². The third kappa shape index (κ3) is 2.84. The third-order valence-corrected chi connectivity index (χ3v) is 4.17. The monoisotopic (exact) mass is 280 g/mol. The van der Waals surface area contributed by atoms with Gasteiger partial charge in [-0.2, -0.15) is 0 Å². The minimum absolute atomic E-state index is 0.0124. The van der Waals surface area contributed by atoms with Gasteiger partial charge in [0.25, 0.3) is 0 Å². The maximum Gasteiger partial charge on any atom is 0.310 e. The topological polar surface area (TPSA) is 92.4 Å². The number of carbonyl (C=O) groups excluding carboxylic acids is 1. The molecule has 20 heavy (non-hydrogen) atoms. The molecule has 6 nitrogen and oxygen atoms in total. The molecule has 0 saturated heterocycles. The van der Waals surface area contributed by atoms with Crippen LogP contribution in [0, 0.1) is 19.3 Å². The van der Waals surface area contributed by atoms with Crippen molar-refractivity contribution in [1.29, 1.82) is 0 Å². The van der Waals surface area contributed by atoms with Crippen molar-refractivity contribution >= 4 is 17.8 Å². The Bertz CT molecular complexity index is 515. The van der Waals surface area contributed by atoms with Crippen LogP contribution in [0.5, 0.6) is 0 Å². The van der Waals surface area contributed by atoms with Gasteiger partial charge < -0.3 is 9.63 Å². The van der Waals surface area contributed by atoms with E-state index in [1.54, 1.807) is 13.8 Å². The summed E-state index contributed by atoms with van der Waals surface area (Å²) in [5.41, 5.74) is 0.558. The highest BCUT2D eigenvalue weighted by molar-refractivity contribution is 5.93. The van der Waals surface area contributed by atoms with Crippen molar-refractivity contribution in [2.75, 3.05) is 5.32 Å². The Morgan fingerprint density at radius 3 is 2.45 bits per heavy atom. The Kier molecular flexibility index (Phi) is 4.11. The number of amides is 1. The van der Waals surface area contributed by atoms with Crippen LogP contribution in [0.4, 0.5) is 5.88 Å². The first-order chi connectivity index (χ1) is 9.44. The summed E-state index contributed by atoms with van der Waals surface area (Å²) in [6.45, 7) is 3.59. The predicted octanol–water partition coefficient (Wildman–Crippen LogP) is 2.66. The number of carboxylic acids is 1. The number of aryl methyl sites for hydroxylation is 1. The lowest BCUT2D eigenvalue weighted by atomic mass is 9.71. The molecule has 6 heteroatoms. The lowest BCUT2D eigenvalue weighted by Crippen LogP contribution is -2.37. The highest BCUT2D eigenvalue weighted by Crippen LogP contribution is 2.39. The van der Waals surface area contributed by atoms with Crippen LogP contribution in [0.2, 0.25) is 0 Å². The number of nitrogens with one attached hydrogen (secondary N) is 1. The summed E-state index contributed by atoms with van der Waals surface area (Å²) in [6, 6.07) is 0. The van der Waals surface area contributed by atoms with Crippen molar-refractivity contribution in [3.8, 4) is 0 Å². The number of hydrogen-bond acceptors (Lipinski definition) is 4. The quantitative estimate of drug-likeness (QED) is 0.884. The third-order valence-electron chi connectivity index (χ3n) is 4.17.